The van der Waals surface area contributed by atoms with Crippen molar-refractivity contribution in [1.29, 1.82) is 0 Å². The first-order valence-electron chi connectivity index (χ1n) is 8.54. The van der Waals surface area contributed by atoms with Gasteiger partial charge in [0.2, 0.25) is 0 Å². The molecule has 3 aromatic rings. The van der Waals surface area contributed by atoms with Gasteiger partial charge in [0.1, 0.15) is 5.82 Å². The highest BCUT2D eigenvalue weighted by atomic mass is 79.9. The summed E-state index contributed by atoms with van der Waals surface area (Å²) in [4.78, 5) is 26.9. The summed E-state index contributed by atoms with van der Waals surface area (Å²) in [6.07, 6.45) is 0. The Morgan fingerprint density at radius 2 is 1.79 bits per heavy atom. The Kier molecular flexibility index (Phi) is 5.67. The summed E-state index contributed by atoms with van der Waals surface area (Å²) in [5.74, 6) is -0.235. The zero-order valence-corrected chi connectivity index (χ0v) is 18.1. The monoisotopic (exact) mass is 478 g/mol. The number of H-pyrrole nitrogens is 1. The van der Waals surface area contributed by atoms with Crippen molar-refractivity contribution in [2.24, 2.45) is 0 Å². The van der Waals surface area contributed by atoms with Gasteiger partial charge in [-0.05, 0) is 36.2 Å². The molecule has 0 saturated carbocycles. The van der Waals surface area contributed by atoms with Crippen LogP contribution in [0.3, 0.4) is 0 Å². The van der Waals surface area contributed by atoms with Crippen LogP contribution in [-0.2, 0) is 16.6 Å². The van der Waals surface area contributed by atoms with Gasteiger partial charge in [0.25, 0.3) is 15.6 Å². The largest absolute Gasteiger partial charge is 0.383 e. The molecule has 29 heavy (non-hydrogen) atoms. The summed E-state index contributed by atoms with van der Waals surface area (Å²) in [7, 11) is -2.82. The van der Waals surface area contributed by atoms with Crippen molar-refractivity contribution in [2.45, 2.75) is 18.4 Å². The number of benzene rings is 2. The molecule has 1 heterocycles. The van der Waals surface area contributed by atoms with Crippen LogP contribution in [0.5, 0.6) is 0 Å². The van der Waals surface area contributed by atoms with Crippen LogP contribution in [-0.4, -0.2) is 25.0 Å². The average molecular weight is 479 g/mol. The van der Waals surface area contributed by atoms with Crippen LogP contribution in [0.25, 0.3) is 0 Å². The van der Waals surface area contributed by atoms with Gasteiger partial charge in [0, 0.05) is 11.5 Å². The molecule has 2 aromatic carbocycles. The Bertz CT molecular complexity index is 1280. The van der Waals surface area contributed by atoms with E-state index in [1.54, 1.807) is 24.3 Å². The van der Waals surface area contributed by atoms with E-state index in [1.807, 2.05) is 19.1 Å². The van der Waals surface area contributed by atoms with E-state index in [-0.39, 0.29) is 22.9 Å². The predicted molar refractivity (Wildman–Crippen MR) is 116 cm³/mol. The minimum absolute atomic E-state index is 0.00239. The third-order valence-electron chi connectivity index (χ3n) is 4.49. The van der Waals surface area contributed by atoms with E-state index in [0.29, 0.717) is 0 Å². The number of aromatic nitrogens is 2. The Hall–Kier alpha value is -2.85. The quantitative estimate of drug-likeness (QED) is 0.581. The second kappa shape index (κ2) is 7.88. The maximum absolute atomic E-state index is 12.9. The SMILES string of the molecule is Cc1cc(Cn2c(N)c(N(C)S(=O)(=O)c3ccccc3)c(=O)[nH]c2=O)ccc1Br. The van der Waals surface area contributed by atoms with Crippen LogP contribution in [0.15, 0.2) is 67.5 Å². The van der Waals surface area contributed by atoms with Crippen molar-refractivity contribution in [3.05, 3.63) is 85.0 Å². The smallest absolute Gasteiger partial charge is 0.330 e. The molecule has 0 spiro atoms. The molecule has 0 unspecified atom stereocenters. The van der Waals surface area contributed by atoms with Crippen LogP contribution < -0.4 is 21.3 Å². The van der Waals surface area contributed by atoms with Gasteiger partial charge in [0.15, 0.2) is 5.69 Å². The van der Waals surface area contributed by atoms with Gasteiger partial charge in [-0.1, -0.05) is 46.3 Å². The number of nitrogen functional groups attached to an aromatic ring is 1. The number of hydrogen-bond acceptors (Lipinski definition) is 5. The van der Waals surface area contributed by atoms with Crippen LogP contribution in [0, 0.1) is 6.92 Å². The van der Waals surface area contributed by atoms with Crippen LogP contribution in [0.2, 0.25) is 0 Å². The van der Waals surface area contributed by atoms with E-state index in [4.69, 9.17) is 5.73 Å². The molecule has 0 amide bonds. The van der Waals surface area contributed by atoms with Gasteiger partial charge in [-0.3, -0.25) is 18.7 Å². The Morgan fingerprint density at radius 1 is 1.14 bits per heavy atom. The summed E-state index contributed by atoms with van der Waals surface area (Å²) < 4.78 is 28.6. The molecule has 8 nitrogen and oxygen atoms in total. The van der Waals surface area contributed by atoms with E-state index < -0.39 is 21.3 Å². The zero-order valence-electron chi connectivity index (χ0n) is 15.7. The lowest BCUT2D eigenvalue weighted by Gasteiger charge is -2.22. The first-order valence-corrected chi connectivity index (χ1v) is 10.8. The van der Waals surface area contributed by atoms with E-state index >= 15 is 0 Å². The minimum atomic E-state index is -4.04. The molecule has 0 fully saturated rings. The number of rotatable bonds is 5. The number of hydrogen-bond donors (Lipinski definition) is 2. The van der Waals surface area contributed by atoms with Crippen molar-refractivity contribution in [1.82, 2.24) is 9.55 Å². The molecule has 3 N–H and O–H groups in total. The summed E-state index contributed by atoms with van der Waals surface area (Å²) in [5.41, 5.74) is 5.92. The molecule has 0 aliphatic heterocycles. The molecular weight excluding hydrogens is 460 g/mol. The first kappa shape index (κ1) is 20.9. The molecule has 0 aliphatic rings. The Balaban J connectivity index is 2.11. The normalized spacial score (nSPS) is 11.4. The number of nitrogens with zero attached hydrogens (tertiary/aromatic N) is 2. The topological polar surface area (TPSA) is 118 Å². The molecule has 0 bridgehead atoms. The fraction of sp³-hybridized carbons (Fsp3) is 0.158. The van der Waals surface area contributed by atoms with Crippen LogP contribution in [0.4, 0.5) is 11.5 Å². The van der Waals surface area contributed by atoms with Gasteiger partial charge >= 0.3 is 5.69 Å². The molecule has 0 saturated heterocycles. The zero-order chi connectivity index (χ0) is 21.3. The highest BCUT2D eigenvalue weighted by Gasteiger charge is 2.27. The number of anilines is 2. The van der Waals surface area contributed by atoms with Crippen molar-refractivity contribution >= 4 is 37.5 Å². The lowest BCUT2D eigenvalue weighted by Crippen LogP contribution is -2.39. The highest BCUT2D eigenvalue weighted by molar-refractivity contribution is 9.10. The highest BCUT2D eigenvalue weighted by Crippen LogP contribution is 2.24. The molecule has 152 valence electrons. The lowest BCUT2D eigenvalue weighted by atomic mass is 10.1. The minimum Gasteiger partial charge on any atom is -0.383 e. The average Bonchev–Trinajstić information content (AvgIpc) is 2.68. The van der Waals surface area contributed by atoms with Crippen LogP contribution in [0.1, 0.15) is 11.1 Å². The number of sulfonamides is 1. The standard InChI is InChI=1S/C19H19BrN4O4S/c1-12-10-13(8-9-15(12)20)11-24-17(21)16(18(25)22-19(24)26)23(2)29(27,28)14-6-4-3-5-7-14/h3-10H,11,21H2,1-2H3,(H,22,25,26). The lowest BCUT2D eigenvalue weighted by molar-refractivity contribution is 0.593. The maximum atomic E-state index is 12.9. The summed E-state index contributed by atoms with van der Waals surface area (Å²) in [6, 6.07) is 13.2. The Labute approximate surface area is 175 Å². The number of aryl methyl sites for hydroxylation is 1. The maximum Gasteiger partial charge on any atom is 0.330 e. The van der Waals surface area contributed by atoms with Crippen LogP contribution >= 0.6 is 15.9 Å². The second-order valence-corrected chi connectivity index (χ2v) is 9.27. The van der Waals surface area contributed by atoms with E-state index in [1.165, 1.54) is 19.2 Å². The molecule has 10 heteroatoms. The summed E-state index contributed by atoms with van der Waals surface area (Å²) >= 11 is 3.41. The molecular formula is C19H19BrN4O4S. The van der Waals surface area contributed by atoms with Crippen molar-refractivity contribution < 1.29 is 8.42 Å². The molecule has 1 aromatic heterocycles. The van der Waals surface area contributed by atoms with Gasteiger partial charge in [-0.15, -0.1) is 0 Å². The van der Waals surface area contributed by atoms with Crippen molar-refractivity contribution in [2.75, 3.05) is 17.1 Å². The van der Waals surface area contributed by atoms with Gasteiger partial charge in [-0.25, -0.2) is 13.2 Å². The van der Waals surface area contributed by atoms with E-state index in [9.17, 15) is 18.0 Å². The van der Waals surface area contributed by atoms with Crippen molar-refractivity contribution in [3.63, 3.8) is 0 Å². The first-order chi connectivity index (χ1) is 13.6. The number of nitrogens with two attached hydrogens (primary N) is 1. The molecule has 0 atom stereocenters. The van der Waals surface area contributed by atoms with Crippen molar-refractivity contribution in [3.8, 4) is 0 Å². The number of aromatic amines is 1. The third-order valence-corrected chi connectivity index (χ3v) is 7.15. The fourth-order valence-electron chi connectivity index (χ4n) is 2.90. The van der Waals surface area contributed by atoms with E-state index in [0.717, 1.165) is 24.5 Å². The van der Waals surface area contributed by atoms with Gasteiger partial charge in [0.05, 0.1) is 11.4 Å². The molecule has 0 aliphatic carbocycles. The number of halogens is 1. The molecule has 3 rings (SSSR count). The second-order valence-electron chi connectivity index (χ2n) is 6.45. The Morgan fingerprint density at radius 3 is 2.41 bits per heavy atom. The molecule has 0 radical (unpaired) electrons. The van der Waals surface area contributed by atoms with Gasteiger partial charge in [-0.2, -0.15) is 0 Å². The fourth-order valence-corrected chi connectivity index (χ4v) is 4.38. The number of nitrogens with one attached hydrogen (secondary N) is 1. The van der Waals surface area contributed by atoms with Gasteiger partial charge < -0.3 is 5.73 Å². The van der Waals surface area contributed by atoms with E-state index in [2.05, 4.69) is 20.9 Å². The summed E-state index contributed by atoms with van der Waals surface area (Å²) in [6.45, 7) is 1.97. The summed E-state index contributed by atoms with van der Waals surface area (Å²) in [5, 5.41) is 0. The third kappa shape index (κ3) is 3.99. The predicted octanol–water partition coefficient (Wildman–Crippen LogP) is 2.06.